The molecular weight excluding hydrogens is 224 g/mol. The largest absolute Gasteiger partial charge is 0.339 e. The summed E-state index contributed by atoms with van der Waals surface area (Å²) in [4.78, 5) is 14.5. The summed E-state index contributed by atoms with van der Waals surface area (Å²) in [6, 6.07) is 0.454. The van der Waals surface area contributed by atoms with Gasteiger partial charge in [-0.05, 0) is 43.6 Å². The van der Waals surface area contributed by atoms with Gasteiger partial charge < -0.3 is 10.6 Å². The number of nitrogens with two attached hydrogens (primary N) is 1. The first kappa shape index (κ1) is 15.5. The minimum atomic E-state index is 0.322. The Hall–Kier alpha value is -0.570. The van der Waals surface area contributed by atoms with Gasteiger partial charge in [-0.2, -0.15) is 0 Å². The lowest BCUT2D eigenvalue weighted by atomic mass is 9.93. The number of hydrogen-bond donors (Lipinski definition) is 1. The normalized spacial score (nSPS) is 21.9. The maximum absolute atomic E-state index is 12.4. The van der Waals surface area contributed by atoms with Gasteiger partial charge in [-0.1, -0.05) is 27.7 Å². The molecule has 0 aliphatic carbocycles. The topological polar surface area (TPSA) is 46.3 Å². The predicted octanol–water partition coefficient (Wildman–Crippen LogP) is 2.64. The molecule has 1 fully saturated rings. The summed E-state index contributed by atoms with van der Waals surface area (Å²) in [5.41, 5.74) is 5.79. The van der Waals surface area contributed by atoms with Crippen molar-refractivity contribution in [3.8, 4) is 0 Å². The highest BCUT2D eigenvalue weighted by molar-refractivity contribution is 5.77. The summed E-state index contributed by atoms with van der Waals surface area (Å²) < 4.78 is 0. The molecule has 2 atom stereocenters. The van der Waals surface area contributed by atoms with Crippen LogP contribution in [0.2, 0.25) is 0 Å². The zero-order valence-electron chi connectivity index (χ0n) is 12.5. The van der Waals surface area contributed by atoms with Crippen molar-refractivity contribution < 1.29 is 4.79 Å². The number of carbonyl (C=O) groups excluding carboxylic acids is 1. The van der Waals surface area contributed by atoms with Crippen molar-refractivity contribution in [2.45, 2.75) is 59.4 Å². The Morgan fingerprint density at radius 2 is 2.00 bits per heavy atom. The molecule has 1 aliphatic heterocycles. The van der Waals surface area contributed by atoms with Crippen LogP contribution in [-0.4, -0.2) is 29.9 Å². The molecule has 0 radical (unpaired) electrons. The first-order valence-corrected chi connectivity index (χ1v) is 7.45. The number of nitrogens with zero attached hydrogens (tertiary/aromatic N) is 1. The minimum Gasteiger partial charge on any atom is -0.339 e. The molecule has 0 aromatic carbocycles. The smallest absolute Gasteiger partial charge is 0.223 e. The molecule has 0 bridgehead atoms. The van der Waals surface area contributed by atoms with Crippen LogP contribution in [0.4, 0.5) is 0 Å². The molecule has 0 spiro atoms. The molecule has 0 aromatic rings. The Bertz CT molecular complexity index is 263. The maximum atomic E-state index is 12.4. The predicted molar refractivity (Wildman–Crippen MR) is 76.2 cm³/mol. The molecule has 0 saturated carbocycles. The van der Waals surface area contributed by atoms with Crippen LogP contribution in [0.5, 0.6) is 0 Å². The van der Waals surface area contributed by atoms with Gasteiger partial charge >= 0.3 is 0 Å². The highest BCUT2D eigenvalue weighted by Crippen LogP contribution is 2.26. The van der Waals surface area contributed by atoms with Gasteiger partial charge in [0, 0.05) is 19.0 Å². The molecule has 1 heterocycles. The average molecular weight is 254 g/mol. The van der Waals surface area contributed by atoms with E-state index in [2.05, 4.69) is 32.6 Å². The molecule has 1 rings (SSSR count). The van der Waals surface area contributed by atoms with Crippen LogP contribution in [0.1, 0.15) is 53.4 Å². The van der Waals surface area contributed by atoms with Crippen LogP contribution in [0, 0.1) is 17.8 Å². The number of amides is 1. The molecule has 3 heteroatoms. The summed E-state index contributed by atoms with van der Waals surface area (Å²) in [7, 11) is 0. The van der Waals surface area contributed by atoms with Crippen molar-refractivity contribution >= 4 is 5.91 Å². The van der Waals surface area contributed by atoms with E-state index in [1.807, 2.05) is 0 Å². The zero-order valence-corrected chi connectivity index (χ0v) is 12.5. The van der Waals surface area contributed by atoms with E-state index in [1.54, 1.807) is 0 Å². The second-order valence-corrected chi connectivity index (χ2v) is 6.48. The fourth-order valence-electron chi connectivity index (χ4n) is 3.09. The third-order valence-electron chi connectivity index (χ3n) is 3.99. The molecule has 2 unspecified atom stereocenters. The standard InChI is InChI=1S/C15H30N2O/c1-11(2)8-13(10-16)9-15(18)17-7-5-6-14(17)12(3)4/h11-14H,5-10,16H2,1-4H3. The van der Waals surface area contributed by atoms with E-state index in [9.17, 15) is 4.79 Å². The van der Waals surface area contributed by atoms with Crippen molar-refractivity contribution in [3.05, 3.63) is 0 Å². The SMILES string of the molecule is CC(C)CC(CN)CC(=O)N1CCCC1C(C)C. The van der Waals surface area contributed by atoms with Crippen LogP contribution in [0.25, 0.3) is 0 Å². The Morgan fingerprint density at radius 1 is 1.33 bits per heavy atom. The van der Waals surface area contributed by atoms with E-state index in [0.29, 0.717) is 42.7 Å². The monoisotopic (exact) mass is 254 g/mol. The Kier molecular flexibility index (Phi) is 6.13. The van der Waals surface area contributed by atoms with Gasteiger partial charge in [0.05, 0.1) is 0 Å². The zero-order chi connectivity index (χ0) is 13.7. The summed E-state index contributed by atoms with van der Waals surface area (Å²) in [5.74, 6) is 1.86. The fourth-order valence-corrected chi connectivity index (χ4v) is 3.09. The summed E-state index contributed by atoms with van der Waals surface area (Å²) in [6.45, 7) is 10.4. The van der Waals surface area contributed by atoms with Crippen molar-refractivity contribution in [1.29, 1.82) is 0 Å². The van der Waals surface area contributed by atoms with E-state index in [4.69, 9.17) is 5.73 Å². The van der Waals surface area contributed by atoms with Gasteiger partial charge in [-0.25, -0.2) is 0 Å². The average Bonchev–Trinajstić information content (AvgIpc) is 2.76. The first-order valence-electron chi connectivity index (χ1n) is 7.45. The summed E-state index contributed by atoms with van der Waals surface area (Å²) >= 11 is 0. The van der Waals surface area contributed by atoms with Crippen LogP contribution in [-0.2, 0) is 4.79 Å². The van der Waals surface area contributed by atoms with Gasteiger partial charge in [-0.3, -0.25) is 4.79 Å². The van der Waals surface area contributed by atoms with Gasteiger partial charge in [0.25, 0.3) is 0 Å². The van der Waals surface area contributed by atoms with Crippen molar-refractivity contribution in [3.63, 3.8) is 0 Å². The lowest BCUT2D eigenvalue weighted by molar-refractivity contribution is -0.133. The molecule has 1 saturated heterocycles. The second kappa shape index (κ2) is 7.13. The van der Waals surface area contributed by atoms with E-state index in [0.717, 1.165) is 19.4 Å². The number of carbonyl (C=O) groups is 1. The van der Waals surface area contributed by atoms with Gasteiger partial charge in [0.15, 0.2) is 0 Å². The molecule has 1 aliphatic rings. The molecule has 1 amide bonds. The minimum absolute atomic E-state index is 0.322. The van der Waals surface area contributed by atoms with E-state index in [-0.39, 0.29) is 0 Å². The van der Waals surface area contributed by atoms with Gasteiger partial charge in [0.1, 0.15) is 0 Å². The number of hydrogen-bond acceptors (Lipinski definition) is 2. The van der Waals surface area contributed by atoms with E-state index < -0.39 is 0 Å². The number of rotatable bonds is 6. The number of likely N-dealkylation sites (tertiary alicyclic amines) is 1. The lowest BCUT2D eigenvalue weighted by Gasteiger charge is -2.29. The fraction of sp³-hybridized carbons (Fsp3) is 0.933. The Morgan fingerprint density at radius 3 is 2.50 bits per heavy atom. The lowest BCUT2D eigenvalue weighted by Crippen LogP contribution is -2.40. The molecule has 2 N–H and O–H groups in total. The molecule has 18 heavy (non-hydrogen) atoms. The van der Waals surface area contributed by atoms with Crippen LogP contribution in [0.3, 0.4) is 0 Å². The van der Waals surface area contributed by atoms with Crippen molar-refractivity contribution in [2.24, 2.45) is 23.5 Å². The Labute approximate surface area is 112 Å². The summed E-state index contributed by atoms with van der Waals surface area (Å²) in [5, 5.41) is 0. The van der Waals surface area contributed by atoms with Crippen LogP contribution < -0.4 is 5.73 Å². The quantitative estimate of drug-likeness (QED) is 0.792. The molecular formula is C15H30N2O. The highest BCUT2D eigenvalue weighted by atomic mass is 16.2. The summed E-state index contributed by atoms with van der Waals surface area (Å²) in [6.07, 6.45) is 4.02. The molecule has 0 aromatic heterocycles. The van der Waals surface area contributed by atoms with Crippen LogP contribution in [0.15, 0.2) is 0 Å². The third kappa shape index (κ3) is 4.27. The third-order valence-corrected chi connectivity index (χ3v) is 3.99. The highest BCUT2D eigenvalue weighted by Gasteiger charge is 2.31. The molecule has 106 valence electrons. The van der Waals surface area contributed by atoms with Gasteiger partial charge in [0.2, 0.25) is 5.91 Å². The van der Waals surface area contributed by atoms with E-state index >= 15 is 0 Å². The van der Waals surface area contributed by atoms with Crippen molar-refractivity contribution in [1.82, 2.24) is 4.90 Å². The molecule has 3 nitrogen and oxygen atoms in total. The second-order valence-electron chi connectivity index (χ2n) is 6.48. The maximum Gasteiger partial charge on any atom is 0.223 e. The van der Waals surface area contributed by atoms with Gasteiger partial charge in [-0.15, -0.1) is 0 Å². The van der Waals surface area contributed by atoms with E-state index in [1.165, 1.54) is 6.42 Å². The first-order chi connectivity index (χ1) is 8.45. The van der Waals surface area contributed by atoms with Crippen LogP contribution >= 0.6 is 0 Å². The van der Waals surface area contributed by atoms with Crippen molar-refractivity contribution in [2.75, 3.05) is 13.1 Å². The Balaban J connectivity index is 2.53.